The predicted molar refractivity (Wildman–Crippen MR) is 131 cm³/mol. The lowest BCUT2D eigenvalue weighted by Gasteiger charge is -2.35. The minimum atomic E-state index is -0.496. The number of hydrogen-bond donors (Lipinski definition) is 0. The average molecular weight is 510 g/mol. The summed E-state index contributed by atoms with van der Waals surface area (Å²) in [6.45, 7) is 11.4. The van der Waals surface area contributed by atoms with E-state index in [0.29, 0.717) is 58.7 Å². The van der Waals surface area contributed by atoms with Gasteiger partial charge in [-0.15, -0.1) is 0 Å². The Morgan fingerprint density at radius 1 is 0.972 bits per heavy atom. The van der Waals surface area contributed by atoms with Crippen LogP contribution in [-0.4, -0.2) is 106 Å². The molecule has 36 heavy (non-hydrogen) atoms. The number of piperazine rings is 1. The Hall–Kier alpha value is -2.63. The molecule has 0 spiro atoms. The fourth-order valence-electron chi connectivity index (χ4n) is 4.14. The van der Waals surface area contributed by atoms with Gasteiger partial charge in [-0.2, -0.15) is 4.98 Å². The summed E-state index contributed by atoms with van der Waals surface area (Å²) in [7, 11) is 0. The molecule has 0 radical (unpaired) electrons. The molecule has 2 bridgehead atoms. The lowest BCUT2D eigenvalue weighted by atomic mass is 10.2. The van der Waals surface area contributed by atoms with Gasteiger partial charge >= 0.3 is 12.1 Å². The second-order valence-corrected chi connectivity index (χ2v) is 9.59. The first-order chi connectivity index (χ1) is 17.3. The smallest absolute Gasteiger partial charge is 0.410 e. The SMILES string of the molecule is CCOC(=O)COCCOCCOCCOc1cccc(N2C[C@H]3C[C@@H]2CN3C(=O)OC(C)(C)C)n1. The number of amides is 1. The van der Waals surface area contributed by atoms with Crippen LogP contribution in [0.25, 0.3) is 0 Å². The van der Waals surface area contributed by atoms with Crippen LogP contribution in [0.4, 0.5) is 10.6 Å². The zero-order chi connectivity index (χ0) is 26.0. The maximum atomic E-state index is 12.5. The Bertz CT molecular complexity index is 847. The van der Waals surface area contributed by atoms with Crippen LogP contribution in [0, 0.1) is 0 Å². The highest BCUT2D eigenvalue weighted by atomic mass is 16.6. The van der Waals surface area contributed by atoms with Crippen molar-refractivity contribution in [3.63, 3.8) is 0 Å². The van der Waals surface area contributed by atoms with E-state index in [4.69, 9.17) is 28.4 Å². The zero-order valence-corrected chi connectivity index (χ0v) is 21.8. The van der Waals surface area contributed by atoms with Crippen LogP contribution in [-0.2, 0) is 28.5 Å². The molecule has 11 heteroatoms. The Morgan fingerprint density at radius 2 is 1.67 bits per heavy atom. The van der Waals surface area contributed by atoms with Gasteiger partial charge in [-0.05, 0) is 40.2 Å². The lowest BCUT2D eigenvalue weighted by Crippen LogP contribution is -2.50. The molecular formula is C25H39N3O8. The third-order valence-corrected chi connectivity index (χ3v) is 5.62. The van der Waals surface area contributed by atoms with E-state index in [1.807, 2.05) is 43.9 Å². The van der Waals surface area contributed by atoms with Crippen LogP contribution in [0.15, 0.2) is 18.2 Å². The first kappa shape index (κ1) is 27.9. The average Bonchev–Trinajstić information content (AvgIpc) is 3.43. The lowest BCUT2D eigenvalue weighted by molar-refractivity contribution is -0.149. The van der Waals surface area contributed by atoms with Crippen molar-refractivity contribution in [2.75, 3.05) is 70.8 Å². The van der Waals surface area contributed by atoms with Crippen LogP contribution in [0.3, 0.4) is 0 Å². The van der Waals surface area contributed by atoms with Crippen molar-refractivity contribution < 1.29 is 38.0 Å². The number of carbonyl (C=O) groups is 2. The van der Waals surface area contributed by atoms with Gasteiger partial charge in [-0.1, -0.05) is 6.07 Å². The van der Waals surface area contributed by atoms with Gasteiger partial charge in [0, 0.05) is 19.2 Å². The van der Waals surface area contributed by atoms with E-state index in [1.165, 1.54) is 0 Å². The third kappa shape index (κ3) is 8.79. The minimum Gasteiger partial charge on any atom is -0.475 e. The van der Waals surface area contributed by atoms with E-state index < -0.39 is 5.60 Å². The van der Waals surface area contributed by atoms with Crippen molar-refractivity contribution in [3.8, 4) is 5.88 Å². The van der Waals surface area contributed by atoms with Gasteiger partial charge in [0.15, 0.2) is 0 Å². The molecule has 11 nitrogen and oxygen atoms in total. The number of esters is 1. The van der Waals surface area contributed by atoms with Crippen LogP contribution in [0.1, 0.15) is 34.1 Å². The van der Waals surface area contributed by atoms with Gasteiger partial charge in [-0.25, -0.2) is 9.59 Å². The van der Waals surface area contributed by atoms with Crippen LogP contribution in [0.5, 0.6) is 5.88 Å². The highest BCUT2D eigenvalue weighted by Crippen LogP contribution is 2.35. The highest BCUT2D eigenvalue weighted by Gasteiger charge is 2.47. The van der Waals surface area contributed by atoms with Crippen molar-refractivity contribution >= 4 is 17.9 Å². The molecule has 3 heterocycles. The van der Waals surface area contributed by atoms with Gasteiger partial charge < -0.3 is 38.2 Å². The summed E-state index contributed by atoms with van der Waals surface area (Å²) in [6, 6.07) is 6.08. The van der Waals surface area contributed by atoms with Gasteiger partial charge in [0.1, 0.15) is 24.6 Å². The fraction of sp³-hybridized carbons (Fsp3) is 0.720. The molecule has 2 aliphatic rings. The molecule has 0 unspecified atom stereocenters. The van der Waals surface area contributed by atoms with Gasteiger partial charge in [0.2, 0.25) is 5.88 Å². The van der Waals surface area contributed by atoms with Gasteiger partial charge in [0.25, 0.3) is 0 Å². The first-order valence-corrected chi connectivity index (χ1v) is 12.5. The van der Waals surface area contributed by atoms with E-state index in [9.17, 15) is 9.59 Å². The third-order valence-electron chi connectivity index (χ3n) is 5.62. The maximum absolute atomic E-state index is 12.5. The first-order valence-electron chi connectivity index (χ1n) is 12.5. The Balaban J connectivity index is 1.28. The monoisotopic (exact) mass is 509 g/mol. The molecule has 2 fully saturated rings. The number of hydrogen-bond acceptors (Lipinski definition) is 10. The molecule has 0 N–H and O–H groups in total. The number of carbonyl (C=O) groups excluding carboxylic acids is 2. The van der Waals surface area contributed by atoms with E-state index in [0.717, 1.165) is 18.8 Å². The fourth-order valence-corrected chi connectivity index (χ4v) is 4.14. The normalized spacial score (nSPS) is 19.0. The minimum absolute atomic E-state index is 0.0657. The number of likely N-dealkylation sites (tertiary alicyclic amines) is 1. The summed E-state index contributed by atoms with van der Waals surface area (Å²) in [5.74, 6) is 1.01. The summed E-state index contributed by atoms with van der Waals surface area (Å²) >= 11 is 0. The second-order valence-electron chi connectivity index (χ2n) is 9.59. The number of pyridine rings is 1. The molecule has 2 atom stereocenters. The molecule has 2 saturated heterocycles. The van der Waals surface area contributed by atoms with Crippen LogP contribution < -0.4 is 9.64 Å². The van der Waals surface area contributed by atoms with Crippen molar-refractivity contribution in [2.24, 2.45) is 0 Å². The molecule has 1 aromatic rings. The summed E-state index contributed by atoms with van der Waals surface area (Å²) in [6.07, 6.45) is 0.673. The summed E-state index contributed by atoms with van der Waals surface area (Å²) in [5, 5.41) is 0. The molecule has 0 saturated carbocycles. The van der Waals surface area contributed by atoms with Gasteiger partial charge in [0.05, 0.1) is 51.7 Å². The predicted octanol–water partition coefficient (Wildman–Crippen LogP) is 2.27. The van der Waals surface area contributed by atoms with Gasteiger partial charge in [-0.3, -0.25) is 0 Å². The van der Waals surface area contributed by atoms with Crippen molar-refractivity contribution in [1.82, 2.24) is 9.88 Å². The maximum Gasteiger partial charge on any atom is 0.410 e. The summed E-state index contributed by atoms with van der Waals surface area (Å²) in [4.78, 5) is 32.3. The number of nitrogens with zero attached hydrogens (tertiary/aromatic N) is 3. The van der Waals surface area contributed by atoms with Crippen molar-refractivity contribution in [3.05, 3.63) is 18.2 Å². The molecule has 1 amide bonds. The Kier molecular flexibility index (Phi) is 10.6. The van der Waals surface area contributed by atoms with E-state index in [2.05, 4.69) is 9.88 Å². The molecule has 0 aliphatic carbocycles. The number of ether oxygens (including phenoxy) is 6. The topological polar surface area (TPSA) is 109 Å². The van der Waals surface area contributed by atoms with Crippen LogP contribution >= 0.6 is 0 Å². The van der Waals surface area contributed by atoms with E-state index in [1.54, 1.807) is 6.92 Å². The second kappa shape index (κ2) is 13.6. The summed E-state index contributed by atoms with van der Waals surface area (Å²) < 4.78 is 32.1. The number of fused-ring (bicyclic) bond motifs is 2. The zero-order valence-electron chi connectivity index (χ0n) is 21.8. The van der Waals surface area contributed by atoms with Crippen LogP contribution in [0.2, 0.25) is 0 Å². The number of rotatable bonds is 14. The standard InChI is InChI=1S/C25H39N3O8/c1-5-34-23(29)18-33-12-11-31-9-10-32-13-14-35-22-8-6-7-21(26-22)27-16-20-15-19(27)17-28(20)24(30)36-25(2,3)4/h6-8,19-20H,5,9-18H2,1-4H3/t19-,20-/m1/s1. The molecule has 202 valence electrons. The van der Waals surface area contributed by atoms with Crippen molar-refractivity contribution in [2.45, 2.75) is 51.8 Å². The molecule has 3 rings (SSSR count). The summed E-state index contributed by atoms with van der Waals surface area (Å²) in [5.41, 5.74) is -0.496. The largest absolute Gasteiger partial charge is 0.475 e. The van der Waals surface area contributed by atoms with Crippen molar-refractivity contribution in [1.29, 1.82) is 0 Å². The molecule has 1 aromatic heterocycles. The van der Waals surface area contributed by atoms with E-state index in [-0.39, 0.29) is 30.8 Å². The molecule has 2 aliphatic heterocycles. The highest BCUT2D eigenvalue weighted by molar-refractivity contribution is 5.70. The molecular weight excluding hydrogens is 470 g/mol. The quantitative estimate of drug-likeness (QED) is 0.274. The Morgan fingerprint density at radius 3 is 2.31 bits per heavy atom. The Labute approximate surface area is 212 Å². The number of aromatic nitrogens is 1. The number of anilines is 1. The molecule has 0 aromatic carbocycles. The van der Waals surface area contributed by atoms with E-state index >= 15 is 0 Å².